The van der Waals surface area contributed by atoms with E-state index in [1.165, 1.54) is 57.8 Å². The van der Waals surface area contributed by atoms with Gasteiger partial charge in [-0.15, -0.1) is 0 Å². The topological polar surface area (TPSA) is 69.6 Å². The van der Waals surface area contributed by atoms with Crippen molar-refractivity contribution in [2.45, 2.75) is 135 Å². The van der Waals surface area contributed by atoms with Gasteiger partial charge in [-0.05, 0) is 44.9 Å². The molecule has 4 nitrogen and oxygen atoms in total. The highest BCUT2D eigenvalue weighted by Crippen LogP contribution is 2.10. The van der Waals surface area contributed by atoms with Crippen molar-refractivity contribution in [1.82, 2.24) is 5.32 Å². The lowest BCUT2D eigenvalue weighted by molar-refractivity contribution is -0.123. The first-order valence-corrected chi connectivity index (χ1v) is 13.7. The molecule has 2 unspecified atom stereocenters. The van der Waals surface area contributed by atoms with Crippen LogP contribution in [-0.4, -0.2) is 34.9 Å². The van der Waals surface area contributed by atoms with Crippen molar-refractivity contribution in [3.05, 3.63) is 36.5 Å². The fraction of sp³-hybridized carbons (Fsp3) is 0.759. The maximum absolute atomic E-state index is 11.9. The molecule has 0 saturated heterocycles. The normalized spacial score (nSPS) is 13.9. The van der Waals surface area contributed by atoms with Crippen molar-refractivity contribution in [3.63, 3.8) is 0 Å². The van der Waals surface area contributed by atoms with Crippen LogP contribution in [0.2, 0.25) is 0 Å². The van der Waals surface area contributed by atoms with Gasteiger partial charge >= 0.3 is 0 Å². The molecule has 33 heavy (non-hydrogen) atoms. The minimum Gasteiger partial charge on any atom is -0.394 e. The Morgan fingerprint density at radius 1 is 0.697 bits per heavy atom. The van der Waals surface area contributed by atoms with Crippen molar-refractivity contribution >= 4 is 5.91 Å². The number of nitrogens with one attached hydrogen (secondary N) is 1. The number of aliphatic hydroxyl groups is 2. The number of amides is 1. The smallest absolute Gasteiger partial charge is 0.220 e. The van der Waals surface area contributed by atoms with Gasteiger partial charge in [-0.2, -0.15) is 0 Å². The van der Waals surface area contributed by atoms with E-state index in [4.69, 9.17) is 0 Å². The van der Waals surface area contributed by atoms with Crippen LogP contribution in [0.1, 0.15) is 123 Å². The van der Waals surface area contributed by atoms with E-state index in [0.717, 1.165) is 44.9 Å². The van der Waals surface area contributed by atoms with E-state index in [-0.39, 0.29) is 12.5 Å². The lowest BCUT2D eigenvalue weighted by atomic mass is 10.1. The standard InChI is InChI=1S/C29H53NO3/c1-3-5-7-8-9-10-11-12-13-14-15-16-17-18-19-20-21-23-24-28(32)27(26-31)30-29(33)25-22-6-4-2/h14-15,18-19,23-24,27-28,31-32H,3-13,16-17,20-22,25-26H2,1-2H3,(H,30,33)/b15-14+,19-18+,24-23+. The first-order chi connectivity index (χ1) is 16.2. The first-order valence-electron chi connectivity index (χ1n) is 13.7. The monoisotopic (exact) mass is 463 g/mol. The lowest BCUT2D eigenvalue weighted by Gasteiger charge is -2.19. The Morgan fingerprint density at radius 2 is 1.18 bits per heavy atom. The van der Waals surface area contributed by atoms with Gasteiger partial charge in [0.2, 0.25) is 5.91 Å². The molecule has 0 aliphatic heterocycles. The Balaban J connectivity index is 3.70. The Morgan fingerprint density at radius 3 is 1.76 bits per heavy atom. The van der Waals surface area contributed by atoms with Gasteiger partial charge in [0.25, 0.3) is 0 Å². The molecular weight excluding hydrogens is 410 g/mol. The lowest BCUT2D eigenvalue weighted by Crippen LogP contribution is -2.45. The fourth-order valence-corrected chi connectivity index (χ4v) is 3.68. The number of hydrogen-bond donors (Lipinski definition) is 3. The predicted molar refractivity (Wildman–Crippen MR) is 142 cm³/mol. The summed E-state index contributed by atoms with van der Waals surface area (Å²) in [6.07, 6.45) is 31.3. The third kappa shape index (κ3) is 22.2. The molecule has 0 heterocycles. The van der Waals surface area contributed by atoms with Crippen molar-refractivity contribution in [3.8, 4) is 0 Å². The van der Waals surface area contributed by atoms with Crippen LogP contribution in [0.5, 0.6) is 0 Å². The maximum atomic E-state index is 11.9. The third-order valence-corrected chi connectivity index (χ3v) is 5.85. The minimum absolute atomic E-state index is 0.107. The number of allylic oxidation sites excluding steroid dienone is 5. The average molecular weight is 464 g/mol. The summed E-state index contributed by atoms with van der Waals surface area (Å²) < 4.78 is 0. The molecule has 4 heteroatoms. The molecule has 0 aromatic carbocycles. The first kappa shape index (κ1) is 31.6. The number of rotatable bonds is 23. The summed E-state index contributed by atoms with van der Waals surface area (Å²) in [6, 6.07) is -0.636. The quantitative estimate of drug-likeness (QED) is 0.111. The highest BCUT2D eigenvalue weighted by Gasteiger charge is 2.17. The zero-order valence-electron chi connectivity index (χ0n) is 21.6. The number of carbonyl (C=O) groups excluding carboxylic acids is 1. The van der Waals surface area contributed by atoms with Gasteiger partial charge in [0.15, 0.2) is 0 Å². The van der Waals surface area contributed by atoms with E-state index < -0.39 is 12.1 Å². The number of unbranched alkanes of at least 4 members (excludes halogenated alkanes) is 12. The van der Waals surface area contributed by atoms with Gasteiger partial charge in [0, 0.05) is 6.42 Å². The van der Waals surface area contributed by atoms with Gasteiger partial charge < -0.3 is 15.5 Å². The second-order valence-electron chi connectivity index (χ2n) is 9.09. The van der Waals surface area contributed by atoms with Crippen molar-refractivity contribution in [2.75, 3.05) is 6.61 Å². The fourth-order valence-electron chi connectivity index (χ4n) is 3.68. The van der Waals surface area contributed by atoms with Crippen LogP contribution in [0.15, 0.2) is 36.5 Å². The van der Waals surface area contributed by atoms with Gasteiger partial charge in [-0.25, -0.2) is 0 Å². The van der Waals surface area contributed by atoms with Crippen LogP contribution < -0.4 is 5.32 Å². The Kier molecular flexibility index (Phi) is 24.2. The average Bonchev–Trinajstić information content (AvgIpc) is 2.81. The molecule has 0 spiro atoms. The Labute approximate surface area is 204 Å². The summed E-state index contributed by atoms with van der Waals surface area (Å²) in [5.74, 6) is -0.107. The van der Waals surface area contributed by atoms with Crippen LogP contribution in [0, 0.1) is 0 Å². The minimum atomic E-state index is -0.861. The van der Waals surface area contributed by atoms with Crippen molar-refractivity contribution in [1.29, 1.82) is 0 Å². The van der Waals surface area contributed by atoms with Crippen LogP contribution in [-0.2, 0) is 4.79 Å². The molecule has 2 atom stereocenters. The van der Waals surface area contributed by atoms with Crippen LogP contribution >= 0.6 is 0 Å². The van der Waals surface area contributed by atoms with Crippen LogP contribution in [0.3, 0.4) is 0 Å². The number of hydrogen-bond acceptors (Lipinski definition) is 3. The number of carbonyl (C=O) groups is 1. The van der Waals surface area contributed by atoms with E-state index in [0.29, 0.717) is 6.42 Å². The van der Waals surface area contributed by atoms with Crippen LogP contribution in [0.4, 0.5) is 0 Å². The molecule has 0 aromatic heterocycles. The summed E-state index contributed by atoms with van der Waals surface area (Å²) in [6.45, 7) is 4.09. The Hall–Kier alpha value is -1.39. The largest absolute Gasteiger partial charge is 0.394 e. The van der Waals surface area contributed by atoms with Gasteiger partial charge in [-0.3, -0.25) is 4.79 Å². The van der Waals surface area contributed by atoms with Gasteiger partial charge in [0.05, 0.1) is 18.8 Å². The molecule has 0 aliphatic carbocycles. The SMILES string of the molecule is CCCCCCCCCC/C=C/CC/C=C/CC/C=C/C(O)C(CO)NC(=O)CCCCC. The van der Waals surface area contributed by atoms with Gasteiger partial charge in [-0.1, -0.05) is 108 Å². The molecule has 0 saturated carbocycles. The summed E-state index contributed by atoms with van der Waals surface area (Å²) in [4.78, 5) is 11.9. The zero-order valence-corrected chi connectivity index (χ0v) is 21.6. The summed E-state index contributed by atoms with van der Waals surface area (Å²) in [5.41, 5.74) is 0. The molecular formula is C29H53NO3. The predicted octanol–water partition coefficient (Wildman–Crippen LogP) is 7.16. The second kappa shape index (κ2) is 25.2. The van der Waals surface area contributed by atoms with E-state index in [1.807, 2.05) is 6.08 Å². The zero-order chi connectivity index (χ0) is 24.4. The summed E-state index contributed by atoms with van der Waals surface area (Å²) in [5, 5.41) is 22.3. The molecule has 0 radical (unpaired) electrons. The molecule has 1 amide bonds. The molecule has 0 aliphatic rings. The molecule has 3 N–H and O–H groups in total. The third-order valence-electron chi connectivity index (χ3n) is 5.85. The molecule has 0 rings (SSSR count). The van der Waals surface area contributed by atoms with Gasteiger partial charge in [0.1, 0.15) is 0 Å². The summed E-state index contributed by atoms with van der Waals surface area (Å²) >= 11 is 0. The highest BCUT2D eigenvalue weighted by molar-refractivity contribution is 5.76. The maximum Gasteiger partial charge on any atom is 0.220 e. The summed E-state index contributed by atoms with van der Waals surface area (Å²) in [7, 11) is 0. The van der Waals surface area contributed by atoms with E-state index in [1.54, 1.807) is 6.08 Å². The highest BCUT2D eigenvalue weighted by atomic mass is 16.3. The van der Waals surface area contributed by atoms with E-state index >= 15 is 0 Å². The van der Waals surface area contributed by atoms with Crippen molar-refractivity contribution < 1.29 is 15.0 Å². The van der Waals surface area contributed by atoms with Crippen LogP contribution in [0.25, 0.3) is 0 Å². The second-order valence-corrected chi connectivity index (χ2v) is 9.09. The van der Waals surface area contributed by atoms with E-state index in [2.05, 4.69) is 43.5 Å². The van der Waals surface area contributed by atoms with Crippen molar-refractivity contribution in [2.24, 2.45) is 0 Å². The van der Waals surface area contributed by atoms with E-state index in [9.17, 15) is 15.0 Å². The molecule has 192 valence electrons. The molecule has 0 aromatic rings. The number of aliphatic hydroxyl groups excluding tert-OH is 2. The molecule has 0 fully saturated rings. The molecule has 0 bridgehead atoms. The Bertz CT molecular complexity index is 513.